The molecule has 0 aromatic heterocycles. The van der Waals surface area contributed by atoms with Crippen LogP contribution in [0.2, 0.25) is 0 Å². The van der Waals surface area contributed by atoms with Gasteiger partial charge in [0.1, 0.15) is 0 Å². The minimum atomic E-state index is -3.60. The molecule has 7 nitrogen and oxygen atoms in total. The monoisotopic (exact) mass is 356 g/mol. The molecule has 1 aliphatic carbocycles. The standard InChI is InChI=1S/C15H17FN2O5S/c16-15(14(20)21)7-8-18(9-15)13(19)10-1-5-12(6-2-10)24(22,23)17-11-3-4-11/h1-2,5-6,11,17H,3-4,7-9H2,(H,20,21). The van der Waals surface area contributed by atoms with Crippen molar-refractivity contribution >= 4 is 21.9 Å². The van der Waals surface area contributed by atoms with Crippen LogP contribution in [0, 0.1) is 0 Å². The van der Waals surface area contributed by atoms with E-state index in [1.165, 1.54) is 24.3 Å². The van der Waals surface area contributed by atoms with Crippen molar-refractivity contribution in [1.82, 2.24) is 9.62 Å². The van der Waals surface area contributed by atoms with Crippen LogP contribution < -0.4 is 4.72 Å². The Labute approximate surface area is 138 Å². The first-order valence-electron chi connectivity index (χ1n) is 7.55. The SMILES string of the molecule is O=C(c1ccc(S(=O)(=O)NC2CC2)cc1)N1CCC(F)(C(=O)O)C1. The van der Waals surface area contributed by atoms with Crippen molar-refractivity contribution in [2.24, 2.45) is 0 Å². The number of aliphatic carboxylic acids is 1. The molecule has 1 saturated heterocycles. The Morgan fingerprint density at radius 2 is 1.88 bits per heavy atom. The topological polar surface area (TPSA) is 104 Å². The lowest BCUT2D eigenvalue weighted by atomic mass is 10.1. The zero-order valence-electron chi connectivity index (χ0n) is 12.7. The smallest absolute Gasteiger partial charge is 0.343 e. The van der Waals surface area contributed by atoms with E-state index in [0.29, 0.717) is 0 Å². The normalized spacial score (nSPS) is 24.1. The number of hydrogen-bond acceptors (Lipinski definition) is 4. The molecule has 1 atom stereocenters. The van der Waals surface area contributed by atoms with Crippen molar-refractivity contribution in [3.63, 3.8) is 0 Å². The Morgan fingerprint density at radius 3 is 2.38 bits per heavy atom. The Bertz CT molecular complexity index is 776. The number of halogens is 1. The molecule has 130 valence electrons. The number of alkyl halides is 1. The van der Waals surface area contributed by atoms with Crippen LogP contribution in [-0.4, -0.2) is 55.1 Å². The molecule has 1 aliphatic heterocycles. The number of carbonyl (C=O) groups excluding carboxylic acids is 1. The lowest BCUT2D eigenvalue weighted by Gasteiger charge is -2.18. The molecule has 0 radical (unpaired) electrons. The van der Waals surface area contributed by atoms with Gasteiger partial charge in [0, 0.05) is 24.6 Å². The van der Waals surface area contributed by atoms with E-state index in [1.807, 2.05) is 0 Å². The molecule has 24 heavy (non-hydrogen) atoms. The molecule has 2 N–H and O–H groups in total. The van der Waals surface area contributed by atoms with Gasteiger partial charge in [0.15, 0.2) is 0 Å². The summed E-state index contributed by atoms with van der Waals surface area (Å²) < 4.78 is 40.7. The predicted octanol–water partition coefficient (Wildman–Crippen LogP) is 0.766. The van der Waals surface area contributed by atoms with Gasteiger partial charge in [-0.3, -0.25) is 4.79 Å². The van der Waals surface area contributed by atoms with Crippen molar-refractivity contribution < 1.29 is 27.5 Å². The van der Waals surface area contributed by atoms with Crippen LogP contribution in [0.5, 0.6) is 0 Å². The van der Waals surface area contributed by atoms with Gasteiger partial charge in [-0.1, -0.05) is 0 Å². The average Bonchev–Trinajstić information content (AvgIpc) is 3.24. The lowest BCUT2D eigenvalue weighted by molar-refractivity contribution is -0.149. The third kappa shape index (κ3) is 3.27. The van der Waals surface area contributed by atoms with Crippen LogP contribution in [-0.2, 0) is 14.8 Å². The van der Waals surface area contributed by atoms with Crippen LogP contribution in [0.1, 0.15) is 29.6 Å². The molecule has 9 heteroatoms. The number of nitrogens with one attached hydrogen (secondary N) is 1. The average molecular weight is 356 g/mol. The molecule has 1 unspecified atom stereocenters. The summed E-state index contributed by atoms with van der Waals surface area (Å²) in [6.07, 6.45) is 1.38. The van der Waals surface area contributed by atoms with Gasteiger partial charge >= 0.3 is 5.97 Å². The summed E-state index contributed by atoms with van der Waals surface area (Å²) in [5, 5.41) is 8.86. The lowest BCUT2D eigenvalue weighted by Crippen LogP contribution is -2.38. The first kappa shape index (κ1) is 16.8. The highest BCUT2D eigenvalue weighted by Crippen LogP contribution is 2.27. The number of hydrogen-bond donors (Lipinski definition) is 2. The Balaban J connectivity index is 1.72. The van der Waals surface area contributed by atoms with Gasteiger partial charge in [-0.25, -0.2) is 22.3 Å². The number of amides is 1. The van der Waals surface area contributed by atoms with E-state index < -0.39 is 34.1 Å². The fraction of sp³-hybridized carbons (Fsp3) is 0.467. The molecule has 1 heterocycles. The molecule has 3 rings (SSSR count). The van der Waals surface area contributed by atoms with Crippen molar-refractivity contribution in [3.05, 3.63) is 29.8 Å². The number of carboxylic acids is 1. The van der Waals surface area contributed by atoms with Gasteiger partial charge in [0.25, 0.3) is 5.91 Å². The number of carbonyl (C=O) groups is 2. The molecule has 1 saturated carbocycles. The molecule has 2 fully saturated rings. The van der Waals surface area contributed by atoms with Crippen molar-refractivity contribution in [2.45, 2.75) is 35.9 Å². The van der Waals surface area contributed by atoms with Crippen LogP contribution in [0.4, 0.5) is 4.39 Å². The summed E-state index contributed by atoms with van der Waals surface area (Å²) in [5.74, 6) is -2.10. The maximum absolute atomic E-state index is 14.0. The van der Waals surface area contributed by atoms with E-state index in [1.54, 1.807) is 0 Å². The second-order valence-electron chi connectivity index (χ2n) is 6.17. The van der Waals surface area contributed by atoms with Gasteiger partial charge in [0.05, 0.1) is 11.4 Å². The Morgan fingerprint density at radius 1 is 1.25 bits per heavy atom. The molecule has 0 bridgehead atoms. The predicted molar refractivity (Wildman–Crippen MR) is 81.8 cm³/mol. The zero-order chi connectivity index (χ0) is 17.5. The molecule has 2 aliphatic rings. The second kappa shape index (κ2) is 5.82. The minimum absolute atomic E-state index is 0.00488. The summed E-state index contributed by atoms with van der Waals surface area (Å²) in [7, 11) is -3.60. The van der Waals surface area contributed by atoms with Crippen molar-refractivity contribution in [1.29, 1.82) is 0 Å². The van der Waals surface area contributed by atoms with Crippen LogP contribution in [0.25, 0.3) is 0 Å². The summed E-state index contributed by atoms with van der Waals surface area (Å²) >= 11 is 0. The Kier molecular flexibility index (Phi) is 4.08. The second-order valence-corrected chi connectivity index (χ2v) is 7.88. The van der Waals surface area contributed by atoms with Gasteiger partial charge < -0.3 is 10.0 Å². The fourth-order valence-electron chi connectivity index (χ4n) is 2.57. The van der Waals surface area contributed by atoms with Crippen molar-refractivity contribution in [2.75, 3.05) is 13.1 Å². The van der Waals surface area contributed by atoms with Gasteiger partial charge in [-0.2, -0.15) is 0 Å². The van der Waals surface area contributed by atoms with Gasteiger partial charge in [0.2, 0.25) is 15.7 Å². The first-order valence-corrected chi connectivity index (χ1v) is 9.04. The number of benzene rings is 1. The van der Waals surface area contributed by atoms with E-state index in [0.717, 1.165) is 17.7 Å². The third-order valence-electron chi connectivity index (χ3n) is 4.20. The number of likely N-dealkylation sites (tertiary alicyclic amines) is 1. The third-order valence-corrected chi connectivity index (χ3v) is 5.74. The summed E-state index contributed by atoms with van der Waals surface area (Å²) in [4.78, 5) is 24.4. The maximum atomic E-state index is 14.0. The summed E-state index contributed by atoms with van der Waals surface area (Å²) in [6, 6.07) is 5.31. The molecule has 1 amide bonds. The number of carboxylic acid groups (broad SMARTS) is 1. The van der Waals surface area contributed by atoms with Gasteiger partial charge in [-0.05, 0) is 37.1 Å². The summed E-state index contributed by atoms with van der Waals surface area (Å²) in [6.45, 7) is -0.505. The number of sulfonamides is 1. The molecule has 1 aromatic carbocycles. The highest BCUT2D eigenvalue weighted by molar-refractivity contribution is 7.89. The van der Waals surface area contributed by atoms with E-state index in [2.05, 4.69) is 4.72 Å². The quantitative estimate of drug-likeness (QED) is 0.811. The number of nitrogens with zero attached hydrogens (tertiary/aromatic N) is 1. The highest BCUT2D eigenvalue weighted by Gasteiger charge is 2.47. The molecule has 1 aromatic rings. The highest BCUT2D eigenvalue weighted by atomic mass is 32.2. The maximum Gasteiger partial charge on any atom is 0.343 e. The zero-order valence-corrected chi connectivity index (χ0v) is 13.6. The minimum Gasteiger partial charge on any atom is -0.479 e. The van der Waals surface area contributed by atoms with Crippen LogP contribution in [0.15, 0.2) is 29.2 Å². The summed E-state index contributed by atoms with van der Waals surface area (Å²) in [5.41, 5.74) is -2.23. The first-order chi connectivity index (χ1) is 11.2. The van der Waals surface area contributed by atoms with E-state index in [-0.39, 0.29) is 29.5 Å². The van der Waals surface area contributed by atoms with Crippen molar-refractivity contribution in [3.8, 4) is 0 Å². The van der Waals surface area contributed by atoms with E-state index >= 15 is 0 Å². The van der Waals surface area contributed by atoms with Gasteiger partial charge in [-0.15, -0.1) is 0 Å². The fourth-order valence-corrected chi connectivity index (χ4v) is 3.87. The Hall–Kier alpha value is -2.00. The van der Waals surface area contributed by atoms with Crippen LogP contribution >= 0.6 is 0 Å². The molecular weight excluding hydrogens is 339 g/mol. The van der Waals surface area contributed by atoms with E-state index in [9.17, 15) is 22.4 Å². The number of rotatable bonds is 5. The molecule has 0 spiro atoms. The largest absolute Gasteiger partial charge is 0.479 e. The van der Waals surface area contributed by atoms with E-state index in [4.69, 9.17) is 5.11 Å². The van der Waals surface area contributed by atoms with Crippen LogP contribution in [0.3, 0.4) is 0 Å². The molecular formula is C15H17FN2O5S.